The molecule has 0 amide bonds. The summed E-state index contributed by atoms with van der Waals surface area (Å²) in [6.07, 6.45) is 3.31. The van der Waals surface area contributed by atoms with Gasteiger partial charge in [-0.1, -0.05) is 5.92 Å². The van der Waals surface area contributed by atoms with E-state index in [9.17, 15) is 0 Å². The predicted molar refractivity (Wildman–Crippen MR) is 42.7 cm³/mol. The summed E-state index contributed by atoms with van der Waals surface area (Å²) in [7, 11) is 0. The molecule has 0 fully saturated rings. The van der Waals surface area contributed by atoms with Gasteiger partial charge in [0.05, 0.1) is 18.4 Å². The van der Waals surface area contributed by atoms with Crippen molar-refractivity contribution in [1.29, 1.82) is 0 Å². The molecule has 1 aromatic heterocycles. The molecule has 1 heterocycles. The quantitative estimate of drug-likeness (QED) is 0.529. The molecule has 0 spiro atoms. The Morgan fingerprint density at radius 3 is 3.00 bits per heavy atom. The Hall–Kier alpha value is -1.40. The van der Waals surface area contributed by atoms with Crippen LogP contribution >= 0.6 is 0 Å². The van der Waals surface area contributed by atoms with Crippen LogP contribution in [0.4, 0.5) is 0 Å². The Morgan fingerprint density at radius 1 is 1.55 bits per heavy atom. The third-order valence-electron chi connectivity index (χ3n) is 1.07. The molecule has 0 aromatic carbocycles. The van der Waals surface area contributed by atoms with Gasteiger partial charge in [0.2, 0.25) is 0 Å². The lowest BCUT2D eigenvalue weighted by Crippen LogP contribution is -1.94. The summed E-state index contributed by atoms with van der Waals surface area (Å²) >= 11 is 0. The standard InChI is InChI=1S/C8H9N3/c1-7-5-10-6-8(11-7)3-2-4-9/h5-6H,4,9H2,1H3. The van der Waals surface area contributed by atoms with Gasteiger partial charge < -0.3 is 5.73 Å². The van der Waals surface area contributed by atoms with Gasteiger partial charge in [-0.2, -0.15) is 0 Å². The van der Waals surface area contributed by atoms with Crippen molar-refractivity contribution in [3.05, 3.63) is 23.8 Å². The first kappa shape index (κ1) is 7.70. The highest BCUT2D eigenvalue weighted by Gasteiger charge is 1.87. The molecule has 11 heavy (non-hydrogen) atoms. The maximum Gasteiger partial charge on any atom is 0.131 e. The maximum absolute atomic E-state index is 5.19. The topological polar surface area (TPSA) is 51.8 Å². The van der Waals surface area contributed by atoms with Crippen LogP contribution in [-0.2, 0) is 0 Å². The summed E-state index contributed by atoms with van der Waals surface area (Å²) in [5.74, 6) is 5.50. The van der Waals surface area contributed by atoms with Crippen molar-refractivity contribution < 1.29 is 0 Å². The van der Waals surface area contributed by atoms with E-state index >= 15 is 0 Å². The van der Waals surface area contributed by atoms with Crippen LogP contribution in [0.25, 0.3) is 0 Å². The summed E-state index contributed by atoms with van der Waals surface area (Å²) in [5.41, 5.74) is 6.74. The fourth-order valence-corrected chi connectivity index (χ4v) is 0.665. The Kier molecular flexibility index (Phi) is 2.59. The lowest BCUT2D eigenvalue weighted by atomic mass is 10.4. The first-order valence-corrected chi connectivity index (χ1v) is 3.30. The molecule has 0 radical (unpaired) electrons. The van der Waals surface area contributed by atoms with Crippen LogP contribution in [0.2, 0.25) is 0 Å². The van der Waals surface area contributed by atoms with Crippen molar-refractivity contribution in [2.75, 3.05) is 6.54 Å². The number of aromatic nitrogens is 2. The number of hydrogen-bond donors (Lipinski definition) is 1. The summed E-state index contributed by atoms with van der Waals surface area (Å²) < 4.78 is 0. The van der Waals surface area contributed by atoms with Crippen LogP contribution in [0.15, 0.2) is 12.4 Å². The van der Waals surface area contributed by atoms with Crippen molar-refractivity contribution in [2.24, 2.45) is 5.73 Å². The van der Waals surface area contributed by atoms with Crippen LogP contribution in [0.5, 0.6) is 0 Å². The van der Waals surface area contributed by atoms with Gasteiger partial charge in [-0.15, -0.1) is 0 Å². The molecule has 0 bridgehead atoms. The van der Waals surface area contributed by atoms with Gasteiger partial charge in [0.25, 0.3) is 0 Å². The second kappa shape index (κ2) is 3.69. The first-order valence-electron chi connectivity index (χ1n) is 3.30. The van der Waals surface area contributed by atoms with E-state index in [2.05, 4.69) is 21.8 Å². The van der Waals surface area contributed by atoms with Gasteiger partial charge in [0.15, 0.2) is 0 Å². The van der Waals surface area contributed by atoms with E-state index in [1.165, 1.54) is 0 Å². The molecule has 0 saturated heterocycles. The molecule has 56 valence electrons. The molecule has 1 rings (SSSR count). The normalized spacial score (nSPS) is 8.55. The molecule has 0 aliphatic heterocycles. The highest BCUT2D eigenvalue weighted by Crippen LogP contribution is 1.91. The fourth-order valence-electron chi connectivity index (χ4n) is 0.665. The van der Waals surface area contributed by atoms with Gasteiger partial charge in [0, 0.05) is 6.20 Å². The monoisotopic (exact) mass is 147 g/mol. The summed E-state index contributed by atoms with van der Waals surface area (Å²) in [6, 6.07) is 0. The van der Waals surface area contributed by atoms with Gasteiger partial charge in [-0.05, 0) is 12.8 Å². The molecule has 0 unspecified atom stereocenters. The molecule has 2 N–H and O–H groups in total. The van der Waals surface area contributed by atoms with Gasteiger partial charge in [0.1, 0.15) is 5.69 Å². The van der Waals surface area contributed by atoms with Crippen LogP contribution < -0.4 is 5.73 Å². The smallest absolute Gasteiger partial charge is 0.131 e. The third kappa shape index (κ3) is 2.36. The van der Waals surface area contributed by atoms with Crippen molar-refractivity contribution in [3.63, 3.8) is 0 Å². The average molecular weight is 147 g/mol. The summed E-state index contributed by atoms with van der Waals surface area (Å²) in [4.78, 5) is 8.05. The number of nitrogens with two attached hydrogens (primary N) is 1. The Bertz CT molecular complexity index is 296. The molecule has 3 heteroatoms. The number of hydrogen-bond acceptors (Lipinski definition) is 3. The highest BCUT2D eigenvalue weighted by molar-refractivity contribution is 5.25. The van der Waals surface area contributed by atoms with E-state index in [0.29, 0.717) is 12.2 Å². The van der Waals surface area contributed by atoms with Crippen LogP contribution in [-0.4, -0.2) is 16.5 Å². The van der Waals surface area contributed by atoms with E-state index in [1.54, 1.807) is 12.4 Å². The minimum absolute atomic E-state index is 0.357. The highest BCUT2D eigenvalue weighted by atomic mass is 14.8. The SMILES string of the molecule is Cc1cncc(C#CCN)n1. The summed E-state index contributed by atoms with van der Waals surface area (Å²) in [6.45, 7) is 2.23. The Morgan fingerprint density at radius 2 is 2.36 bits per heavy atom. The van der Waals surface area contributed by atoms with Gasteiger partial charge in [-0.3, -0.25) is 4.98 Å². The van der Waals surface area contributed by atoms with Gasteiger partial charge >= 0.3 is 0 Å². The average Bonchev–Trinajstić information content (AvgIpc) is 2.01. The van der Waals surface area contributed by atoms with E-state index in [0.717, 1.165) is 5.69 Å². The van der Waals surface area contributed by atoms with E-state index in [-0.39, 0.29) is 0 Å². The van der Waals surface area contributed by atoms with Crippen molar-refractivity contribution in [3.8, 4) is 11.8 Å². The van der Waals surface area contributed by atoms with Crippen molar-refractivity contribution in [1.82, 2.24) is 9.97 Å². The van der Waals surface area contributed by atoms with E-state index < -0.39 is 0 Å². The molecule has 3 nitrogen and oxygen atoms in total. The van der Waals surface area contributed by atoms with E-state index in [1.807, 2.05) is 6.92 Å². The molecule has 1 aromatic rings. The zero-order valence-electron chi connectivity index (χ0n) is 6.33. The lowest BCUT2D eigenvalue weighted by Gasteiger charge is -1.89. The Balaban J connectivity index is 2.87. The second-order valence-corrected chi connectivity index (χ2v) is 2.05. The molecule has 0 aliphatic carbocycles. The number of nitrogens with zero attached hydrogens (tertiary/aromatic N) is 2. The van der Waals surface area contributed by atoms with Gasteiger partial charge in [-0.25, -0.2) is 4.98 Å². The van der Waals surface area contributed by atoms with E-state index in [4.69, 9.17) is 5.73 Å². The second-order valence-electron chi connectivity index (χ2n) is 2.05. The van der Waals surface area contributed by atoms with Crippen LogP contribution in [0.3, 0.4) is 0 Å². The lowest BCUT2D eigenvalue weighted by molar-refractivity contribution is 1.10. The van der Waals surface area contributed by atoms with Crippen LogP contribution in [0, 0.1) is 18.8 Å². The largest absolute Gasteiger partial charge is 0.320 e. The Labute approximate surface area is 65.7 Å². The zero-order chi connectivity index (χ0) is 8.10. The minimum Gasteiger partial charge on any atom is -0.320 e. The predicted octanol–water partition coefficient (Wildman–Crippen LogP) is 0.0952. The molecule has 0 aliphatic rings. The molecular weight excluding hydrogens is 138 g/mol. The number of aryl methyl sites for hydroxylation is 1. The minimum atomic E-state index is 0.357. The molecular formula is C8H9N3. The molecule has 0 saturated carbocycles. The number of rotatable bonds is 0. The molecule has 0 atom stereocenters. The third-order valence-corrected chi connectivity index (χ3v) is 1.07. The van der Waals surface area contributed by atoms with Crippen LogP contribution in [0.1, 0.15) is 11.4 Å². The van der Waals surface area contributed by atoms with Crippen molar-refractivity contribution >= 4 is 0 Å². The van der Waals surface area contributed by atoms with Crippen molar-refractivity contribution in [2.45, 2.75) is 6.92 Å². The summed E-state index contributed by atoms with van der Waals surface area (Å²) in [5, 5.41) is 0. The zero-order valence-corrected chi connectivity index (χ0v) is 6.33. The fraction of sp³-hybridized carbons (Fsp3) is 0.250. The maximum atomic E-state index is 5.19. The first-order chi connectivity index (χ1) is 5.33.